The van der Waals surface area contributed by atoms with Gasteiger partial charge in [0.15, 0.2) is 5.58 Å². The van der Waals surface area contributed by atoms with E-state index < -0.39 is 5.63 Å². The topological polar surface area (TPSA) is 85.3 Å². The van der Waals surface area contributed by atoms with Crippen molar-refractivity contribution in [3.05, 3.63) is 118 Å². The molecular weight excluding hydrogens is 520 g/mol. The van der Waals surface area contributed by atoms with Gasteiger partial charge >= 0.3 is 5.63 Å². The number of para-hydroxylation sites is 1. The first kappa shape index (κ1) is 22.0. The van der Waals surface area contributed by atoms with Crippen LogP contribution in [-0.4, -0.2) is 10.9 Å². The highest BCUT2D eigenvalue weighted by Gasteiger charge is 2.13. The Kier molecular flexibility index (Phi) is 5.47. The van der Waals surface area contributed by atoms with Crippen LogP contribution < -0.4 is 10.9 Å². The predicted octanol–water partition coefficient (Wildman–Crippen LogP) is 7.28. The second-order valence-electron chi connectivity index (χ2n) is 8.23. The van der Waals surface area contributed by atoms with Crippen LogP contribution in [0.25, 0.3) is 44.7 Å². The van der Waals surface area contributed by atoms with Gasteiger partial charge in [-0.3, -0.25) is 4.79 Å². The molecule has 7 heteroatoms. The van der Waals surface area contributed by atoms with Crippen molar-refractivity contribution in [3.63, 3.8) is 0 Å². The highest BCUT2D eigenvalue weighted by molar-refractivity contribution is 9.10. The fourth-order valence-electron chi connectivity index (χ4n) is 4.04. The fraction of sp³-hybridized carbons (Fsp3) is 0. The van der Waals surface area contributed by atoms with Gasteiger partial charge in [-0.15, -0.1) is 0 Å². The quantitative estimate of drug-likeness (QED) is 0.239. The van der Waals surface area contributed by atoms with Gasteiger partial charge in [-0.2, -0.15) is 0 Å². The molecule has 0 aliphatic carbocycles. The van der Waals surface area contributed by atoms with E-state index in [0.29, 0.717) is 45.0 Å². The Morgan fingerprint density at radius 2 is 1.61 bits per heavy atom. The molecule has 0 saturated carbocycles. The molecule has 0 saturated heterocycles. The monoisotopic (exact) mass is 536 g/mol. The van der Waals surface area contributed by atoms with E-state index >= 15 is 0 Å². The third-order valence-corrected chi connectivity index (χ3v) is 6.29. The minimum absolute atomic E-state index is 0.308. The number of anilines is 1. The molecule has 6 rings (SSSR count). The van der Waals surface area contributed by atoms with Crippen molar-refractivity contribution in [2.75, 3.05) is 5.32 Å². The lowest BCUT2D eigenvalue weighted by molar-refractivity contribution is 0.102. The van der Waals surface area contributed by atoms with E-state index in [1.165, 1.54) is 0 Å². The van der Waals surface area contributed by atoms with Crippen molar-refractivity contribution < 1.29 is 13.6 Å². The van der Waals surface area contributed by atoms with Gasteiger partial charge in [-0.25, -0.2) is 9.78 Å². The van der Waals surface area contributed by atoms with Gasteiger partial charge in [0.05, 0.1) is 5.56 Å². The normalized spacial score (nSPS) is 11.1. The van der Waals surface area contributed by atoms with Crippen LogP contribution in [0, 0.1) is 0 Å². The number of halogens is 1. The van der Waals surface area contributed by atoms with Crippen molar-refractivity contribution in [2.45, 2.75) is 0 Å². The number of nitrogens with one attached hydrogen (secondary N) is 1. The number of oxazole rings is 1. The Hall–Kier alpha value is -4.49. The second kappa shape index (κ2) is 8.94. The summed E-state index contributed by atoms with van der Waals surface area (Å²) < 4.78 is 12.3. The molecule has 0 unspecified atom stereocenters. The minimum atomic E-state index is -0.455. The standard InChI is InChI=1S/C29H17BrN2O4/c30-21-9-4-8-20(14-21)28-32-24-16-22(11-12-26(24)35-28)31-27(33)19-7-3-6-17(13-19)23-15-18-5-1-2-10-25(18)36-29(23)34/h1-16H,(H,31,33). The maximum atomic E-state index is 13.0. The summed E-state index contributed by atoms with van der Waals surface area (Å²) in [6.45, 7) is 0. The lowest BCUT2D eigenvalue weighted by Crippen LogP contribution is -2.12. The molecule has 0 aliphatic heterocycles. The molecule has 2 heterocycles. The van der Waals surface area contributed by atoms with Crippen LogP contribution in [0.5, 0.6) is 0 Å². The summed E-state index contributed by atoms with van der Waals surface area (Å²) in [5, 5.41) is 3.71. The molecule has 0 bridgehead atoms. The number of benzene rings is 4. The Labute approximate surface area is 213 Å². The molecular formula is C29H17BrN2O4. The molecule has 1 N–H and O–H groups in total. The number of aromatic nitrogens is 1. The zero-order valence-electron chi connectivity index (χ0n) is 18.7. The van der Waals surface area contributed by atoms with Crippen LogP contribution in [0.4, 0.5) is 5.69 Å². The first-order valence-electron chi connectivity index (χ1n) is 11.1. The van der Waals surface area contributed by atoms with E-state index in [1.54, 1.807) is 54.6 Å². The Bertz CT molecular complexity index is 1840. The van der Waals surface area contributed by atoms with Crippen LogP contribution in [0.15, 0.2) is 115 Å². The lowest BCUT2D eigenvalue weighted by Gasteiger charge is -2.07. The van der Waals surface area contributed by atoms with E-state index in [9.17, 15) is 9.59 Å². The number of hydrogen-bond acceptors (Lipinski definition) is 5. The van der Waals surface area contributed by atoms with Gasteiger partial charge < -0.3 is 14.2 Å². The Balaban J connectivity index is 1.28. The summed E-state index contributed by atoms with van der Waals surface area (Å²) in [6.07, 6.45) is 0. The molecule has 6 nitrogen and oxygen atoms in total. The number of rotatable bonds is 4. The zero-order valence-corrected chi connectivity index (χ0v) is 20.3. The first-order chi connectivity index (χ1) is 17.5. The van der Waals surface area contributed by atoms with E-state index in [-0.39, 0.29) is 5.91 Å². The minimum Gasteiger partial charge on any atom is -0.436 e. The van der Waals surface area contributed by atoms with Crippen molar-refractivity contribution in [2.24, 2.45) is 0 Å². The zero-order chi connectivity index (χ0) is 24.6. The maximum absolute atomic E-state index is 13.0. The average Bonchev–Trinajstić information content (AvgIpc) is 3.32. The number of hydrogen-bond donors (Lipinski definition) is 1. The predicted molar refractivity (Wildman–Crippen MR) is 143 cm³/mol. The summed E-state index contributed by atoms with van der Waals surface area (Å²) in [5.74, 6) is 0.189. The summed E-state index contributed by atoms with van der Waals surface area (Å²) in [5.41, 5.74) is 4.16. The number of nitrogens with zero attached hydrogens (tertiary/aromatic N) is 1. The van der Waals surface area contributed by atoms with Crippen molar-refractivity contribution >= 4 is 49.6 Å². The second-order valence-corrected chi connectivity index (χ2v) is 9.15. The molecule has 0 radical (unpaired) electrons. The Morgan fingerprint density at radius 1 is 0.778 bits per heavy atom. The van der Waals surface area contributed by atoms with Crippen molar-refractivity contribution in [1.29, 1.82) is 0 Å². The van der Waals surface area contributed by atoms with Crippen LogP contribution in [-0.2, 0) is 0 Å². The van der Waals surface area contributed by atoms with Gasteiger partial charge in [0.25, 0.3) is 5.91 Å². The van der Waals surface area contributed by atoms with E-state index in [2.05, 4.69) is 26.2 Å². The molecule has 0 atom stereocenters. The van der Waals surface area contributed by atoms with E-state index in [0.717, 1.165) is 15.4 Å². The first-order valence-corrected chi connectivity index (χ1v) is 11.9. The summed E-state index contributed by atoms with van der Waals surface area (Å²) in [4.78, 5) is 30.2. The number of fused-ring (bicyclic) bond motifs is 2. The highest BCUT2D eigenvalue weighted by Crippen LogP contribution is 2.28. The Morgan fingerprint density at radius 3 is 2.50 bits per heavy atom. The largest absolute Gasteiger partial charge is 0.436 e. The number of carbonyl (C=O) groups excluding carboxylic acids is 1. The van der Waals surface area contributed by atoms with Gasteiger partial charge in [0, 0.05) is 26.7 Å². The van der Waals surface area contributed by atoms with Gasteiger partial charge in [-0.1, -0.05) is 52.3 Å². The van der Waals surface area contributed by atoms with Gasteiger partial charge in [0.2, 0.25) is 5.89 Å². The van der Waals surface area contributed by atoms with Crippen LogP contribution in [0.2, 0.25) is 0 Å². The lowest BCUT2D eigenvalue weighted by atomic mass is 10.0. The fourth-order valence-corrected chi connectivity index (χ4v) is 4.44. The SMILES string of the molecule is O=C(Nc1ccc2oc(-c3cccc(Br)c3)nc2c1)c1cccc(-c2cc3ccccc3oc2=O)c1. The number of carbonyl (C=O) groups is 1. The van der Waals surface area contributed by atoms with Crippen molar-refractivity contribution in [3.8, 4) is 22.6 Å². The molecule has 0 fully saturated rings. The smallest absolute Gasteiger partial charge is 0.344 e. The molecule has 6 aromatic rings. The third kappa shape index (κ3) is 4.21. The van der Waals surface area contributed by atoms with E-state index in [1.807, 2.05) is 42.5 Å². The van der Waals surface area contributed by atoms with Crippen molar-refractivity contribution in [1.82, 2.24) is 4.98 Å². The molecule has 4 aromatic carbocycles. The molecule has 0 aliphatic rings. The highest BCUT2D eigenvalue weighted by atomic mass is 79.9. The summed E-state index contributed by atoms with van der Waals surface area (Å²) in [7, 11) is 0. The molecule has 174 valence electrons. The number of amides is 1. The van der Waals surface area contributed by atoms with Crippen LogP contribution in [0.3, 0.4) is 0 Å². The molecule has 36 heavy (non-hydrogen) atoms. The molecule has 1 amide bonds. The maximum Gasteiger partial charge on any atom is 0.344 e. The van der Waals surface area contributed by atoms with Gasteiger partial charge in [-0.05, 0) is 66.2 Å². The average molecular weight is 537 g/mol. The third-order valence-electron chi connectivity index (χ3n) is 5.79. The molecule has 0 spiro atoms. The summed E-state index contributed by atoms with van der Waals surface area (Å²) in [6, 6.07) is 29.0. The summed E-state index contributed by atoms with van der Waals surface area (Å²) >= 11 is 3.46. The van der Waals surface area contributed by atoms with Gasteiger partial charge in [0.1, 0.15) is 11.1 Å². The van der Waals surface area contributed by atoms with Crippen LogP contribution in [0.1, 0.15) is 10.4 Å². The molecule has 2 aromatic heterocycles. The van der Waals surface area contributed by atoms with E-state index in [4.69, 9.17) is 8.83 Å². The van der Waals surface area contributed by atoms with Crippen LogP contribution >= 0.6 is 15.9 Å².